The highest BCUT2D eigenvalue weighted by Crippen LogP contribution is 2.29. The second-order valence-corrected chi connectivity index (χ2v) is 6.18. The Morgan fingerprint density at radius 2 is 1.90 bits per heavy atom. The predicted octanol–water partition coefficient (Wildman–Crippen LogP) is 4.15. The summed E-state index contributed by atoms with van der Waals surface area (Å²) in [5.74, 6) is 1.41. The molecule has 2 aromatic rings. The van der Waals surface area contributed by atoms with Crippen molar-refractivity contribution in [2.75, 3.05) is 11.9 Å². The molecule has 2 atom stereocenters. The number of alkyl halides is 1. The van der Waals surface area contributed by atoms with Gasteiger partial charge in [0.25, 0.3) is 0 Å². The largest absolute Gasteiger partial charge is 0.368 e. The monoisotopic (exact) mass is 289 g/mol. The third-order valence-corrected chi connectivity index (χ3v) is 4.79. The van der Waals surface area contributed by atoms with E-state index in [0.717, 1.165) is 35.2 Å². The lowest BCUT2D eigenvalue weighted by atomic mass is 9.89. The molecule has 1 aliphatic carbocycles. The maximum atomic E-state index is 6.42. The van der Waals surface area contributed by atoms with Crippen LogP contribution in [0.3, 0.4) is 0 Å². The van der Waals surface area contributed by atoms with Crippen molar-refractivity contribution >= 4 is 28.2 Å². The van der Waals surface area contributed by atoms with Gasteiger partial charge in [-0.15, -0.1) is 16.7 Å². The standard InChI is InChI=1S/C16H20ClN3/c1-11-13-7-3-4-8-14(13)16(20-19-11)18-10-12-6-2-5-9-15(12)17/h3-4,7-8,12,15H,2,5-6,9-10H2,1H3,(H,18,20). The number of hydrogen-bond donors (Lipinski definition) is 1. The van der Waals surface area contributed by atoms with Crippen molar-refractivity contribution in [2.45, 2.75) is 38.0 Å². The molecule has 3 rings (SSSR count). The van der Waals surface area contributed by atoms with Crippen LogP contribution in [-0.2, 0) is 0 Å². The number of benzene rings is 1. The zero-order chi connectivity index (χ0) is 13.9. The third kappa shape index (κ3) is 2.73. The van der Waals surface area contributed by atoms with E-state index in [1.807, 2.05) is 19.1 Å². The molecule has 1 aromatic carbocycles. The summed E-state index contributed by atoms with van der Waals surface area (Å²) >= 11 is 6.42. The highest BCUT2D eigenvalue weighted by Gasteiger charge is 2.23. The molecule has 1 heterocycles. The highest BCUT2D eigenvalue weighted by molar-refractivity contribution is 6.20. The number of aromatic nitrogens is 2. The van der Waals surface area contributed by atoms with Gasteiger partial charge in [-0.1, -0.05) is 37.1 Å². The van der Waals surface area contributed by atoms with Crippen molar-refractivity contribution in [1.29, 1.82) is 0 Å². The fraction of sp³-hybridized carbons (Fsp3) is 0.500. The van der Waals surface area contributed by atoms with E-state index in [4.69, 9.17) is 11.6 Å². The first-order chi connectivity index (χ1) is 9.75. The minimum absolute atomic E-state index is 0.293. The van der Waals surface area contributed by atoms with E-state index in [0.29, 0.717) is 11.3 Å². The number of halogens is 1. The van der Waals surface area contributed by atoms with Crippen molar-refractivity contribution in [3.63, 3.8) is 0 Å². The van der Waals surface area contributed by atoms with Crippen LogP contribution in [0.5, 0.6) is 0 Å². The van der Waals surface area contributed by atoms with Crippen molar-refractivity contribution in [3.05, 3.63) is 30.0 Å². The van der Waals surface area contributed by atoms with Crippen LogP contribution in [0.2, 0.25) is 0 Å². The molecule has 0 saturated heterocycles. The van der Waals surface area contributed by atoms with Crippen molar-refractivity contribution < 1.29 is 0 Å². The summed E-state index contributed by atoms with van der Waals surface area (Å²) in [5.41, 5.74) is 0.971. The Bertz CT molecular complexity index is 599. The number of hydrogen-bond acceptors (Lipinski definition) is 3. The van der Waals surface area contributed by atoms with Crippen molar-refractivity contribution in [2.24, 2.45) is 5.92 Å². The van der Waals surface area contributed by atoms with Crippen LogP contribution in [0.4, 0.5) is 5.82 Å². The van der Waals surface area contributed by atoms with Gasteiger partial charge in [-0.2, -0.15) is 5.10 Å². The molecule has 0 aliphatic heterocycles. The van der Waals surface area contributed by atoms with Crippen LogP contribution in [0.1, 0.15) is 31.4 Å². The van der Waals surface area contributed by atoms with Crippen molar-refractivity contribution in [3.8, 4) is 0 Å². The van der Waals surface area contributed by atoms with E-state index >= 15 is 0 Å². The van der Waals surface area contributed by atoms with Gasteiger partial charge in [0, 0.05) is 22.7 Å². The minimum atomic E-state index is 0.293. The molecule has 0 spiro atoms. The molecule has 20 heavy (non-hydrogen) atoms. The molecule has 2 unspecified atom stereocenters. The first kappa shape index (κ1) is 13.6. The van der Waals surface area contributed by atoms with Crippen molar-refractivity contribution in [1.82, 2.24) is 10.2 Å². The summed E-state index contributed by atoms with van der Waals surface area (Å²) in [6.45, 7) is 2.88. The summed E-state index contributed by atoms with van der Waals surface area (Å²) in [5, 5.41) is 14.6. The first-order valence-corrected chi connectivity index (χ1v) is 7.79. The second kappa shape index (κ2) is 5.96. The molecule has 0 amide bonds. The molecular weight excluding hydrogens is 270 g/mol. The van der Waals surface area contributed by atoms with E-state index < -0.39 is 0 Å². The smallest absolute Gasteiger partial charge is 0.156 e. The van der Waals surface area contributed by atoms with E-state index in [1.165, 1.54) is 19.3 Å². The summed E-state index contributed by atoms with van der Waals surface area (Å²) in [6, 6.07) is 8.27. The van der Waals surface area contributed by atoms with Gasteiger partial charge < -0.3 is 5.32 Å². The Hall–Kier alpha value is -1.35. The lowest BCUT2D eigenvalue weighted by molar-refractivity contribution is 0.380. The van der Waals surface area contributed by atoms with E-state index in [9.17, 15) is 0 Å². The third-order valence-electron chi connectivity index (χ3n) is 4.22. The van der Waals surface area contributed by atoms with Gasteiger partial charge in [0.15, 0.2) is 5.82 Å². The van der Waals surface area contributed by atoms with Gasteiger partial charge in [-0.3, -0.25) is 0 Å². The van der Waals surface area contributed by atoms with Crippen LogP contribution in [0.15, 0.2) is 24.3 Å². The van der Waals surface area contributed by atoms with E-state index in [1.54, 1.807) is 0 Å². The number of aryl methyl sites for hydroxylation is 1. The fourth-order valence-electron chi connectivity index (χ4n) is 2.99. The maximum absolute atomic E-state index is 6.42. The number of anilines is 1. The predicted molar refractivity (Wildman–Crippen MR) is 84.4 cm³/mol. The Kier molecular flexibility index (Phi) is 4.06. The highest BCUT2D eigenvalue weighted by atomic mass is 35.5. The average molecular weight is 290 g/mol. The van der Waals surface area contributed by atoms with Gasteiger partial charge in [-0.05, 0) is 25.7 Å². The van der Waals surface area contributed by atoms with Crippen LogP contribution >= 0.6 is 11.6 Å². The number of nitrogens with zero attached hydrogens (tertiary/aromatic N) is 2. The average Bonchev–Trinajstić information content (AvgIpc) is 2.48. The zero-order valence-electron chi connectivity index (χ0n) is 11.8. The minimum Gasteiger partial charge on any atom is -0.368 e. The fourth-order valence-corrected chi connectivity index (χ4v) is 3.36. The number of fused-ring (bicyclic) bond motifs is 1. The molecule has 0 bridgehead atoms. The summed E-state index contributed by atoms with van der Waals surface area (Å²) in [4.78, 5) is 0. The Balaban J connectivity index is 1.79. The molecule has 1 aliphatic rings. The van der Waals surface area contributed by atoms with Gasteiger partial charge >= 0.3 is 0 Å². The summed E-state index contributed by atoms with van der Waals surface area (Å²) in [7, 11) is 0. The maximum Gasteiger partial charge on any atom is 0.156 e. The van der Waals surface area contributed by atoms with Crippen LogP contribution in [0.25, 0.3) is 10.8 Å². The summed E-state index contributed by atoms with van der Waals surface area (Å²) < 4.78 is 0. The zero-order valence-corrected chi connectivity index (χ0v) is 12.5. The molecule has 3 nitrogen and oxygen atoms in total. The first-order valence-electron chi connectivity index (χ1n) is 7.35. The Morgan fingerprint density at radius 1 is 1.15 bits per heavy atom. The topological polar surface area (TPSA) is 37.8 Å². The molecule has 0 radical (unpaired) electrons. The van der Waals surface area contributed by atoms with Gasteiger partial charge in [0.2, 0.25) is 0 Å². The number of rotatable bonds is 3. The van der Waals surface area contributed by atoms with E-state index in [-0.39, 0.29) is 0 Å². The van der Waals surface area contributed by atoms with Crippen LogP contribution in [-0.4, -0.2) is 22.1 Å². The normalized spacial score (nSPS) is 22.9. The van der Waals surface area contributed by atoms with E-state index in [2.05, 4.69) is 27.6 Å². The molecule has 4 heteroatoms. The summed E-state index contributed by atoms with van der Waals surface area (Å²) in [6.07, 6.45) is 4.89. The Labute approximate surface area is 124 Å². The molecule has 1 saturated carbocycles. The van der Waals surface area contributed by atoms with Crippen LogP contribution < -0.4 is 5.32 Å². The lowest BCUT2D eigenvalue weighted by Crippen LogP contribution is -2.27. The molecule has 1 aromatic heterocycles. The van der Waals surface area contributed by atoms with Gasteiger partial charge in [-0.25, -0.2) is 0 Å². The molecule has 1 fully saturated rings. The Morgan fingerprint density at radius 3 is 2.70 bits per heavy atom. The molecular formula is C16H20ClN3. The second-order valence-electron chi connectivity index (χ2n) is 5.62. The SMILES string of the molecule is Cc1nnc(NCC2CCCCC2Cl)c2ccccc12. The van der Waals surface area contributed by atoms with Gasteiger partial charge in [0.05, 0.1) is 5.69 Å². The van der Waals surface area contributed by atoms with Gasteiger partial charge in [0.1, 0.15) is 0 Å². The molecule has 1 N–H and O–H groups in total. The quantitative estimate of drug-likeness (QED) is 0.863. The molecule has 106 valence electrons. The number of nitrogens with one attached hydrogen (secondary N) is 1. The lowest BCUT2D eigenvalue weighted by Gasteiger charge is -2.27. The van der Waals surface area contributed by atoms with Crippen LogP contribution in [0, 0.1) is 12.8 Å².